The lowest BCUT2D eigenvalue weighted by atomic mass is 10.1. The van der Waals surface area contributed by atoms with E-state index in [0.717, 1.165) is 12.0 Å². The van der Waals surface area contributed by atoms with Gasteiger partial charge in [0.25, 0.3) is 11.7 Å². The van der Waals surface area contributed by atoms with Crippen molar-refractivity contribution in [2.24, 2.45) is 0 Å². The highest BCUT2D eigenvalue weighted by atomic mass is 32.2. The van der Waals surface area contributed by atoms with Crippen LogP contribution in [-0.4, -0.2) is 28.6 Å². The molecule has 0 saturated carbocycles. The molecule has 1 aromatic heterocycles. The summed E-state index contributed by atoms with van der Waals surface area (Å²) in [7, 11) is 1.65. The van der Waals surface area contributed by atoms with Crippen LogP contribution >= 0.6 is 11.8 Å². The van der Waals surface area contributed by atoms with Crippen LogP contribution in [-0.2, 0) is 13.0 Å². The van der Waals surface area contributed by atoms with Gasteiger partial charge < -0.3 is 4.90 Å². The molecule has 0 unspecified atom stereocenters. The number of benzene rings is 1. The number of pyridine rings is 1. The van der Waals surface area contributed by atoms with Crippen LogP contribution in [0.25, 0.3) is 0 Å². The summed E-state index contributed by atoms with van der Waals surface area (Å²) in [4.78, 5) is 17.9. The summed E-state index contributed by atoms with van der Waals surface area (Å²) >= 11 is 0.290. The van der Waals surface area contributed by atoms with Crippen LogP contribution in [0.3, 0.4) is 0 Å². The minimum absolute atomic E-state index is 0.0562. The maximum absolute atomic E-state index is 12.6. The second kappa shape index (κ2) is 8.06. The molecule has 0 aliphatic carbocycles. The van der Waals surface area contributed by atoms with Gasteiger partial charge in [0.1, 0.15) is 5.03 Å². The molecule has 23 heavy (non-hydrogen) atoms. The van der Waals surface area contributed by atoms with Crippen molar-refractivity contribution in [3.63, 3.8) is 0 Å². The first-order chi connectivity index (χ1) is 11.0. The molecule has 0 bridgehead atoms. The SMILES string of the molecule is CCc1ccc(CN(C)C(=O)c2cccnc2SC(F)F)cc1. The van der Waals surface area contributed by atoms with Gasteiger partial charge in [-0.2, -0.15) is 8.78 Å². The van der Waals surface area contributed by atoms with Crippen molar-refractivity contribution in [1.29, 1.82) is 0 Å². The number of carbonyl (C=O) groups is 1. The molecule has 1 heterocycles. The molecular formula is C17H18F2N2OS. The number of amides is 1. The zero-order valence-electron chi connectivity index (χ0n) is 13.0. The fourth-order valence-electron chi connectivity index (χ4n) is 2.16. The standard InChI is InChI=1S/C17H18F2N2OS/c1-3-12-6-8-13(9-7-12)11-21(2)16(22)14-5-4-10-20-15(14)23-17(18)19/h4-10,17H,3,11H2,1-2H3. The predicted molar refractivity (Wildman–Crippen MR) is 87.7 cm³/mol. The van der Waals surface area contributed by atoms with Crippen LogP contribution in [0.4, 0.5) is 8.78 Å². The van der Waals surface area contributed by atoms with Gasteiger partial charge in [0, 0.05) is 19.8 Å². The average Bonchev–Trinajstić information content (AvgIpc) is 2.55. The molecule has 0 aliphatic rings. The maximum atomic E-state index is 12.6. The Morgan fingerprint density at radius 1 is 1.22 bits per heavy atom. The molecule has 0 N–H and O–H groups in total. The van der Waals surface area contributed by atoms with Gasteiger partial charge in [0.2, 0.25) is 0 Å². The highest BCUT2D eigenvalue weighted by molar-refractivity contribution is 7.99. The summed E-state index contributed by atoms with van der Waals surface area (Å²) in [5.41, 5.74) is 2.42. The molecule has 1 amide bonds. The number of carbonyl (C=O) groups excluding carboxylic acids is 1. The minimum Gasteiger partial charge on any atom is -0.337 e. The highest BCUT2D eigenvalue weighted by Crippen LogP contribution is 2.27. The number of aromatic nitrogens is 1. The molecule has 0 saturated heterocycles. The first-order valence-electron chi connectivity index (χ1n) is 7.24. The second-order valence-electron chi connectivity index (χ2n) is 5.07. The number of halogens is 2. The van der Waals surface area contributed by atoms with Crippen molar-refractivity contribution in [2.75, 3.05) is 7.05 Å². The summed E-state index contributed by atoms with van der Waals surface area (Å²) in [6.45, 7) is 2.49. The van der Waals surface area contributed by atoms with Crippen LogP contribution in [0.2, 0.25) is 0 Å². The van der Waals surface area contributed by atoms with Crippen LogP contribution in [0.15, 0.2) is 47.6 Å². The third-order valence-corrected chi connectivity index (χ3v) is 4.13. The van der Waals surface area contributed by atoms with E-state index in [1.807, 2.05) is 24.3 Å². The first-order valence-corrected chi connectivity index (χ1v) is 8.12. The van der Waals surface area contributed by atoms with Crippen molar-refractivity contribution < 1.29 is 13.6 Å². The van der Waals surface area contributed by atoms with Crippen LogP contribution in [0.5, 0.6) is 0 Å². The number of thioether (sulfide) groups is 1. The van der Waals surface area contributed by atoms with Gasteiger partial charge in [-0.15, -0.1) is 0 Å². The predicted octanol–water partition coefficient (Wildman–Crippen LogP) is 4.23. The topological polar surface area (TPSA) is 33.2 Å². The van der Waals surface area contributed by atoms with E-state index >= 15 is 0 Å². The van der Waals surface area contributed by atoms with Crippen molar-refractivity contribution in [3.8, 4) is 0 Å². The van der Waals surface area contributed by atoms with Crippen LogP contribution in [0, 0.1) is 0 Å². The number of nitrogens with zero attached hydrogens (tertiary/aromatic N) is 2. The van der Waals surface area contributed by atoms with Crippen molar-refractivity contribution in [2.45, 2.75) is 30.7 Å². The largest absolute Gasteiger partial charge is 0.337 e. The van der Waals surface area contributed by atoms with Gasteiger partial charge in [-0.05, 0) is 41.4 Å². The van der Waals surface area contributed by atoms with Crippen LogP contribution < -0.4 is 0 Å². The Bertz CT molecular complexity index is 662. The molecule has 2 rings (SSSR count). The molecule has 0 radical (unpaired) electrons. The number of hydrogen-bond donors (Lipinski definition) is 0. The Morgan fingerprint density at radius 3 is 2.48 bits per heavy atom. The van der Waals surface area contributed by atoms with Gasteiger partial charge in [-0.25, -0.2) is 4.98 Å². The summed E-state index contributed by atoms with van der Waals surface area (Å²) in [5.74, 6) is -2.93. The Morgan fingerprint density at radius 2 is 1.87 bits per heavy atom. The third kappa shape index (κ3) is 4.76. The van der Waals surface area contributed by atoms with Crippen molar-refractivity contribution in [1.82, 2.24) is 9.88 Å². The molecular weight excluding hydrogens is 318 g/mol. The number of aryl methyl sites for hydroxylation is 1. The molecule has 6 heteroatoms. The smallest absolute Gasteiger partial charge is 0.290 e. The summed E-state index contributed by atoms with van der Waals surface area (Å²) in [5, 5.41) is 0.0562. The van der Waals surface area contributed by atoms with E-state index in [1.54, 1.807) is 13.1 Å². The molecule has 122 valence electrons. The molecule has 0 fully saturated rings. The Kier molecular flexibility index (Phi) is 6.10. The van der Waals surface area contributed by atoms with E-state index in [2.05, 4.69) is 11.9 Å². The Hall–Kier alpha value is -1.95. The zero-order valence-corrected chi connectivity index (χ0v) is 13.8. The van der Waals surface area contributed by atoms with Crippen LogP contribution in [0.1, 0.15) is 28.4 Å². The van der Waals surface area contributed by atoms with E-state index in [-0.39, 0.29) is 16.5 Å². The monoisotopic (exact) mass is 336 g/mol. The van der Waals surface area contributed by atoms with Crippen molar-refractivity contribution in [3.05, 3.63) is 59.3 Å². The summed E-state index contributed by atoms with van der Waals surface area (Å²) in [6.07, 6.45) is 2.36. The summed E-state index contributed by atoms with van der Waals surface area (Å²) < 4.78 is 25.2. The van der Waals surface area contributed by atoms with Gasteiger partial charge in [-0.3, -0.25) is 4.79 Å². The van der Waals surface area contributed by atoms with E-state index in [9.17, 15) is 13.6 Å². The lowest BCUT2D eigenvalue weighted by Crippen LogP contribution is -2.27. The fraction of sp³-hybridized carbons (Fsp3) is 0.294. The van der Waals surface area contributed by atoms with E-state index in [0.29, 0.717) is 18.3 Å². The van der Waals surface area contributed by atoms with E-state index in [1.165, 1.54) is 22.7 Å². The minimum atomic E-state index is -2.61. The van der Waals surface area contributed by atoms with Gasteiger partial charge in [0.05, 0.1) is 5.56 Å². The first kappa shape index (κ1) is 17.4. The van der Waals surface area contributed by atoms with Crippen molar-refractivity contribution >= 4 is 17.7 Å². The second-order valence-corrected chi connectivity index (χ2v) is 6.04. The van der Waals surface area contributed by atoms with E-state index in [4.69, 9.17) is 0 Å². The number of rotatable bonds is 6. The Balaban J connectivity index is 2.12. The highest BCUT2D eigenvalue weighted by Gasteiger charge is 2.19. The van der Waals surface area contributed by atoms with Gasteiger partial charge in [0.15, 0.2) is 0 Å². The molecule has 2 aromatic rings. The molecule has 0 atom stereocenters. The van der Waals surface area contributed by atoms with Gasteiger partial charge in [-0.1, -0.05) is 31.2 Å². The zero-order chi connectivity index (χ0) is 16.8. The van der Waals surface area contributed by atoms with E-state index < -0.39 is 5.76 Å². The molecule has 0 spiro atoms. The number of hydrogen-bond acceptors (Lipinski definition) is 3. The lowest BCUT2D eigenvalue weighted by Gasteiger charge is -2.18. The molecule has 1 aromatic carbocycles. The Labute approximate surface area is 138 Å². The van der Waals surface area contributed by atoms with Gasteiger partial charge >= 0.3 is 0 Å². The lowest BCUT2D eigenvalue weighted by molar-refractivity contribution is 0.0781. The fourth-order valence-corrected chi connectivity index (χ4v) is 2.74. The normalized spacial score (nSPS) is 10.8. The molecule has 3 nitrogen and oxygen atoms in total. The number of alkyl halides is 2. The average molecular weight is 336 g/mol. The quantitative estimate of drug-likeness (QED) is 0.740. The summed E-state index contributed by atoms with van der Waals surface area (Å²) in [6, 6.07) is 11.1. The third-order valence-electron chi connectivity index (χ3n) is 3.40. The molecule has 0 aliphatic heterocycles. The maximum Gasteiger partial charge on any atom is 0.290 e.